The maximum absolute atomic E-state index is 11.9. The summed E-state index contributed by atoms with van der Waals surface area (Å²) >= 11 is 0. The Morgan fingerprint density at radius 2 is 0.516 bits per heavy atom. The topological polar surface area (TPSA) is 34.1 Å². The van der Waals surface area contributed by atoms with E-state index in [2.05, 4.69) is 13.8 Å². The van der Waals surface area contributed by atoms with Gasteiger partial charge in [0.2, 0.25) is 0 Å². The summed E-state index contributed by atoms with van der Waals surface area (Å²) < 4.78 is 0. The standard InChI is InChI=1S/C29H56O2/c1-3-5-7-9-11-12-13-14-15-16-17-18-19-21-23-25-27-29(31)28(30)26-24-22-20-10-8-6-4-2/h3-27H2,1-2H3. The van der Waals surface area contributed by atoms with Gasteiger partial charge < -0.3 is 0 Å². The second kappa shape index (κ2) is 25.6. The fourth-order valence-electron chi connectivity index (χ4n) is 4.36. The van der Waals surface area contributed by atoms with E-state index in [0.29, 0.717) is 12.8 Å². The number of hydrogen-bond acceptors (Lipinski definition) is 2. The summed E-state index contributed by atoms with van der Waals surface area (Å²) in [5, 5.41) is 0. The Morgan fingerprint density at radius 3 is 0.742 bits per heavy atom. The van der Waals surface area contributed by atoms with Crippen LogP contribution in [0.4, 0.5) is 0 Å². The lowest BCUT2D eigenvalue weighted by Gasteiger charge is -2.04. The maximum atomic E-state index is 11.9. The van der Waals surface area contributed by atoms with Crippen LogP contribution in [0, 0.1) is 0 Å². The van der Waals surface area contributed by atoms with Crippen molar-refractivity contribution in [2.75, 3.05) is 0 Å². The van der Waals surface area contributed by atoms with Crippen LogP contribution in [0.2, 0.25) is 0 Å². The van der Waals surface area contributed by atoms with Crippen molar-refractivity contribution >= 4 is 11.6 Å². The third-order valence-electron chi connectivity index (χ3n) is 6.58. The molecule has 0 aliphatic carbocycles. The van der Waals surface area contributed by atoms with Crippen molar-refractivity contribution in [3.8, 4) is 0 Å². The number of ketones is 2. The Balaban J connectivity index is 3.26. The fourth-order valence-corrected chi connectivity index (χ4v) is 4.36. The normalized spacial score (nSPS) is 11.2. The molecule has 0 saturated carbocycles. The van der Waals surface area contributed by atoms with Crippen molar-refractivity contribution in [1.82, 2.24) is 0 Å². The number of carbonyl (C=O) groups excluding carboxylic acids is 2. The van der Waals surface area contributed by atoms with Crippen molar-refractivity contribution in [1.29, 1.82) is 0 Å². The lowest BCUT2D eigenvalue weighted by Crippen LogP contribution is -2.13. The Hall–Kier alpha value is -0.660. The minimum atomic E-state index is -0.116. The fraction of sp³-hybridized carbons (Fsp3) is 0.931. The molecule has 0 spiro atoms. The van der Waals surface area contributed by atoms with E-state index in [-0.39, 0.29) is 11.6 Å². The van der Waals surface area contributed by atoms with Gasteiger partial charge in [-0.3, -0.25) is 9.59 Å². The Kier molecular flexibility index (Phi) is 25.1. The lowest BCUT2D eigenvalue weighted by atomic mass is 10.0. The zero-order chi connectivity index (χ0) is 22.8. The van der Waals surface area contributed by atoms with Crippen LogP contribution in [0.3, 0.4) is 0 Å². The number of hydrogen-bond donors (Lipinski definition) is 0. The second-order valence-corrected chi connectivity index (χ2v) is 9.77. The molecule has 0 unspecified atom stereocenters. The molecular weight excluding hydrogens is 380 g/mol. The quantitative estimate of drug-likeness (QED) is 0.0998. The smallest absolute Gasteiger partial charge is 0.198 e. The van der Waals surface area contributed by atoms with Crippen molar-refractivity contribution < 1.29 is 9.59 Å². The zero-order valence-corrected chi connectivity index (χ0v) is 21.5. The third kappa shape index (κ3) is 23.8. The van der Waals surface area contributed by atoms with Gasteiger partial charge in [-0.25, -0.2) is 0 Å². The number of rotatable bonds is 26. The molecule has 0 amide bonds. The Labute approximate surface area is 195 Å². The average molecular weight is 437 g/mol. The molecule has 0 atom stereocenters. The van der Waals surface area contributed by atoms with Gasteiger partial charge in [-0.2, -0.15) is 0 Å². The van der Waals surface area contributed by atoms with Crippen molar-refractivity contribution in [3.05, 3.63) is 0 Å². The molecule has 0 radical (unpaired) electrons. The van der Waals surface area contributed by atoms with Crippen molar-refractivity contribution in [2.24, 2.45) is 0 Å². The van der Waals surface area contributed by atoms with Gasteiger partial charge in [-0.15, -0.1) is 0 Å². The van der Waals surface area contributed by atoms with E-state index in [1.165, 1.54) is 122 Å². The van der Waals surface area contributed by atoms with E-state index in [1.54, 1.807) is 0 Å². The van der Waals surface area contributed by atoms with E-state index in [4.69, 9.17) is 0 Å². The minimum absolute atomic E-state index is 0.114. The molecule has 0 fully saturated rings. The van der Waals surface area contributed by atoms with Gasteiger partial charge in [0.1, 0.15) is 0 Å². The van der Waals surface area contributed by atoms with Gasteiger partial charge in [0.25, 0.3) is 0 Å². The van der Waals surface area contributed by atoms with Gasteiger partial charge >= 0.3 is 0 Å². The molecule has 0 bridgehead atoms. The maximum Gasteiger partial charge on any atom is 0.198 e. The van der Waals surface area contributed by atoms with E-state index >= 15 is 0 Å². The molecule has 31 heavy (non-hydrogen) atoms. The summed E-state index contributed by atoms with van der Waals surface area (Å²) in [4.78, 5) is 23.9. The second-order valence-electron chi connectivity index (χ2n) is 9.77. The highest BCUT2D eigenvalue weighted by atomic mass is 16.2. The van der Waals surface area contributed by atoms with E-state index in [1.807, 2.05) is 0 Å². The summed E-state index contributed by atoms with van der Waals surface area (Å²) in [5.41, 5.74) is 0. The molecule has 0 aromatic rings. The number of Topliss-reactive ketones (excluding diaryl/α,β-unsaturated/α-hetero) is 2. The molecule has 0 aromatic carbocycles. The molecule has 0 saturated heterocycles. The van der Waals surface area contributed by atoms with Gasteiger partial charge in [0.05, 0.1) is 0 Å². The highest BCUT2D eigenvalue weighted by Crippen LogP contribution is 2.14. The van der Waals surface area contributed by atoms with Crippen LogP contribution in [0.1, 0.15) is 174 Å². The summed E-state index contributed by atoms with van der Waals surface area (Å²) in [7, 11) is 0. The molecule has 0 aliphatic rings. The molecule has 2 nitrogen and oxygen atoms in total. The SMILES string of the molecule is CCCCCCCCCCCCCCCCCCC(=O)C(=O)CCCCCCCCC. The summed E-state index contributed by atoms with van der Waals surface area (Å²) in [6.45, 7) is 4.51. The highest BCUT2D eigenvalue weighted by Gasteiger charge is 2.12. The molecule has 0 rings (SSSR count). The molecule has 0 heterocycles. The molecule has 0 aromatic heterocycles. The van der Waals surface area contributed by atoms with E-state index < -0.39 is 0 Å². The van der Waals surface area contributed by atoms with E-state index in [9.17, 15) is 9.59 Å². The molecule has 0 N–H and O–H groups in total. The van der Waals surface area contributed by atoms with Crippen LogP contribution in [0.15, 0.2) is 0 Å². The molecule has 2 heteroatoms. The van der Waals surface area contributed by atoms with Crippen LogP contribution in [-0.2, 0) is 9.59 Å². The van der Waals surface area contributed by atoms with Crippen molar-refractivity contribution in [2.45, 2.75) is 174 Å². The summed E-state index contributed by atoms with van der Waals surface area (Å²) in [6, 6.07) is 0. The highest BCUT2D eigenvalue weighted by molar-refractivity contribution is 6.37. The predicted octanol–water partition coefficient (Wildman–Crippen LogP) is 9.92. The Bertz CT molecular complexity index is 388. The minimum Gasteiger partial charge on any atom is -0.291 e. The van der Waals surface area contributed by atoms with E-state index in [0.717, 1.165) is 25.7 Å². The monoisotopic (exact) mass is 436 g/mol. The number of carbonyl (C=O) groups is 2. The van der Waals surface area contributed by atoms with Gasteiger partial charge in [0.15, 0.2) is 11.6 Å². The Morgan fingerprint density at radius 1 is 0.323 bits per heavy atom. The van der Waals surface area contributed by atoms with Crippen LogP contribution < -0.4 is 0 Å². The van der Waals surface area contributed by atoms with Crippen LogP contribution >= 0.6 is 0 Å². The number of unbranched alkanes of at least 4 members (excludes halogenated alkanes) is 21. The molecule has 0 aliphatic heterocycles. The predicted molar refractivity (Wildman–Crippen MR) is 137 cm³/mol. The van der Waals surface area contributed by atoms with Gasteiger partial charge in [-0.1, -0.05) is 149 Å². The first-order chi connectivity index (χ1) is 15.2. The largest absolute Gasteiger partial charge is 0.291 e. The summed E-state index contributed by atoms with van der Waals surface area (Å²) in [6.07, 6.45) is 30.7. The van der Waals surface area contributed by atoms with Crippen molar-refractivity contribution in [3.63, 3.8) is 0 Å². The van der Waals surface area contributed by atoms with Gasteiger partial charge in [-0.05, 0) is 12.8 Å². The lowest BCUT2D eigenvalue weighted by molar-refractivity contribution is -0.136. The first-order valence-electron chi connectivity index (χ1n) is 14.3. The summed E-state index contributed by atoms with van der Waals surface area (Å²) in [5.74, 6) is -0.231. The van der Waals surface area contributed by atoms with Gasteiger partial charge in [0, 0.05) is 12.8 Å². The first kappa shape index (κ1) is 30.3. The average Bonchev–Trinajstić information content (AvgIpc) is 2.77. The van der Waals surface area contributed by atoms with Crippen LogP contribution in [0.25, 0.3) is 0 Å². The van der Waals surface area contributed by atoms with Crippen LogP contribution in [-0.4, -0.2) is 11.6 Å². The zero-order valence-electron chi connectivity index (χ0n) is 21.5. The molecular formula is C29H56O2. The first-order valence-corrected chi connectivity index (χ1v) is 14.3. The third-order valence-corrected chi connectivity index (χ3v) is 6.58. The van der Waals surface area contributed by atoms with Crippen LogP contribution in [0.5, 0.6) is 0 Å². The molecule has 184 valence electrons.